The number of aryl methyl sites for hydroxylation is 2. The summed E-state index contributed by atoms with van der Waals surface area (Å²) in [6, 6.07) is 5.68. The summed E-state index contributed by atoms with van der Waals surface area (Å²) >= 11 is 0. The third-order valence-corrected chi connectivity index (χ3v) is 5.95. The zero-order valence-electron chi connectivity index (χ0n) is 13.0. The maximum atomic E-state index is 12.6. The second-order valence-corrected chi connectivity index (χ2v) is 7.92. The number of nitrogens with two attached hydrogens (primary N) is 1. The Labute approximate surface area is 123 Å². The molecule has 114 valence electrons. The molecule has 1 aromatic carbocycles. The SMILES string of the molecule is CCCC(N)C(CC)S(=O)(=O)Cc1cc(C)cc(C)c1. The van der Waals surface area contributed by atoms with Crippen LogP contribution in [0.3, 0.4) is 0 Å². The first-order chi connectivity index (χ1) is 9.30. The van der Waals surface area contributed by atoms with Gasteiger partial charge in [0.1, 0.15) is 0 Å². The highest BCUT2D eigenvalue weighted by atomic mass is 32.2. The van der Waals surface area contributed by atoms with E-state index < -0.39 is 15.1 Å². The van der Waals surface area contributed by atoms with Crippen molar-refractivity contribution in [3.63, 3.8) is 0 Å². The Morgan fingerprint density at radius 3 is 2.10 bits per heavy atom. The molecule has 1 rings (SSSR count). The van der Waals surface area contributed by atoms with E-state index >= 15 is 0 Å². The van der Waals surface area contributed by atoms with Gasteiger partial charge in [-0.3, -0.25) is 0 Å². The van der Waals surface area contributed by atoms with Gasteiger partial charge in [-0.1, -0.05) is 49.6 Å². The van der Waals surface area contributed by atoms with E-state index in [4.69, 9.17) is 5.73 Å². The summed E-state index contributed by atoms with van der Waals surface area (Å²) < 4.78 is 25.2. The Morgan fingerprint density at radius 2 is 1.65 bits per heavy atom. The predicted octanol–water partition coefficient (Wildman–Crippen LogP) is 3.12. The fourth-order valence-corrected chi connectivity index (χ4v) is 4.86. The summed E-state index contributed by atoms with van der Waals surface area (Å²) in [5, 5.41) is -0.441. The summed E-state index contributed by atoms with van der Waals surface area (Å²) in [6.07, 6.45) is 2.25. The molecule has 0 fully saturated rings. The van der Waals surface area contributed by atoms with Crippen molar-refractivity contribution in [3.05, 3.63) is 34.9 Å². The summed E-state index contributed by atoms with van der Waals surface area (Å²) in [7, 11) is -3.21. The van der Waals surface area contributed by atoms with Gasteiger partial charge >= 0.3 is 0 Å². The Morgan fingerprint density at radius 1 is 1.10 bits per heavy atom. The van der Waals surface area contributed by atoms with Crippen molar-refractivity contribution in [2.75, 3.05) is 0 Å². The first-order valence-corrected chi connectivity index (χ1v) is 9.06. The highest BCUT2D eigenvalue weighted by Gasteiger charge is 2.29. The minimum absolute atomic E-state index is 0.0887. The monoisotopic (exact) mass is 297 g/mol. The lowest BCUT2D eigenvalue weighted by Gasteiger charge is -2.22. The van der Waals surface area contributed by atoms with Crippen LogP contribution in [0, 0.1) is 13.8 Å². The molecule has 2 N–H and O–H groups in total. The molecule has 0 radical (unpaired) electrons. The minimum Gasteiger partial charge on any atom is -0.327 e. The number of hydrogen-bond donors (Lipinski definition) is 1. The van der Waals surface area contributed by atoms with Crippen molar-refractivity contribution >= 4 is 9.84 Å². The van der Waals surface area contributed by atoms with Gasteiger partial charge in [-0.2, -0.15) is 0 Å². The van der Waals surface area contributed by atoms with Gasteiger partial charge in [0.2, 0.25) is 0 Å². The van der Waals surface area contributed by atoms with E-state index in [1.165, 1.54) is 0 Å². The van der Waals surface area contributed by atoms with Gasteiger partial charge in [-0.05, 0) is 32.3 Å². The fraction of sp³-hybridized carbons (Fsp3) is 0.625. The molecule has 20 heavy (non-hydrogen) atoms. The van der Waals surface area contributed by atoms with Crippen LogP contribution in [0.4, 0.5) is 0 Å². The largest absolute Gasteiger partial charge is 0.327 e. The normalized spacial score (nSPS) is 15.1. The molecule has 2 unspecified atom stereocenters. The quantitative estimate of drug-likeness (QED) is 0.841. The van der Waals surface area contributed by atoms with Crippen LogP contribution in [0.5, 0.6) is 0 Å². The lowest BCUT2D eigenvalue weighted by atomic mass is 10.1. The average Bonchev–Trinajstić information content (AvgIpc) is 2.27. The van der Waals surface area contributed by atoms with Gasteiger partial charge in [-0.25, -0.2) is 8.42 Å². The number of rotatable bonds is 7. The molecular weight excluding hydrogens is 270 g/mol. The molecule has 1 aromatic rings. The Kier molecular flexibility index (Phi) is 6.21. The molecule has 2 atom stereocenters. The van der Waals surface area contributed by atoms with Crippen molar-refractivity contribution in [1.29, 1.82) is 0 Å². The molecule has 0 saturated carbocycles. The average molecular weight is 297 g/mol. The summed E-state index contributed by atoms with van der Waals surface area (Å²) in [5.41, 5.74) is 9.12. The van der Waals surface area contributed by atoms with E-state index in [1.807, 2.05) is 39.8 Å². The van der Waals surface area contributed by atoms with E-state index in [0.717, 1.165) is 29.5 Å². The van der Waals surface area contributed by atoms with Gasteiger partial charge in [0.05, 0.1) is 11.0 Å². The first-order valence-electron chi connectivity index (χ1n) is 7.34. The Bertz CT molecular complexity index is 517. The van der Waals surface area contributed by atoms with Gasteiger partial charge < -0.3 is 5.73 Å². The topological polar surface area (TPSA) is 60.2 Å². The van der Waals surface area contributed by atoms with Crippen molar-refractivity contribution in [2.45, 2.75) is 64.0 Å². The van der Waals surface area contributed by atoms with Gasteiger partial charge in [-0.15, -0.1) is 0 Å². The molecule has 0 heterocycles. The number of benzene rings is 1. The van der Waals surface area contributed by atoms with E-state index in [2.05, 4.69) is 6.07 Å². The van der Waals surface area contributed by atoms with E-state index in [0.29, 0.717) is 6.42 Å². The zero-order valence-corrected chi connectivity index (χ0v) is 13.8. The molecule has 0 aliphatic carbocycles. The van der Waals surface area contributed by atoms with Crippen LogP contribution in [0.15, 0.2) is 18.2 Å². The molecule has 0 amide bonds. The molecule has 0 aliphatic rings. The van der Waals surface area contributed by atoms with Crippen LogP contribution in [0.2, 0.25) is 0 Å². The maximum Gasteiger partial charge on any atom is 0.158 e. The molecular formula is C16H27NO2S. The molecule has 0 aromatic heterocycles. The van der Waals surface area contributed by atoms with Crippen molar-refractivity contribution in [2.24, 2.45) is 5.73 Å². The summed E-state index contributed by atoms with van der Waals surface area (Å²) in [5.74, 6) is 0.0887. The highest BCUT2D eigenvalue weighted by Crippen LogP contribution is 2.20. The van der Waals surface area contributed by atoms with Crippen LogP contribution in [-0.2, 0) is 15.6 Å². The number of sulfone groups is 1. The summed E-state index contributed by atoms with van der Waals surface area (Å²) in [4.78, 5) is 0. The molecule has 0 saturated heterocycles. The highest BCUT2D eigenvalue weighted by molar-refractivity contribution is 7.91. The smallest absolute Gasteiger partial charge is 0.158 e. The second-order valence-electron chi connectivity index (χ2n) is 5.70. The summed E-state index contributed by atoms with van der Waals surface area (Å²) in [6.45, 7) is 7.91. The van der Waals surface area contributed by atoms with Crippen LogP contribution in [0.25, 0.3) is 0 Å². The molecule has 3 nitrogen and oxygen atoms in total. The maximum absolute atomic E-state index is 12.6. The number of hydrogen-bond acceptors (Lipinski definition) is 3. The Balaban J connectivity index is 2.97. The van der Waals surface area contributed by atoms with E-state index in [1.54, 1.807) is 0 Å². The molecule has 0 spiro atoms. The zero-order chi connectivity index (χ0) is 15.3. The lowest BCUT2D eigenvalue weighted by Crippen LogP contribution is -2.40. The van der Waals surface area contributed by atoms with E-state index in [-0.39, 0.29) is 11.8 Å². The molecule has 0 aliphatic heterocycles. The van der Waals surface area contributed by atoms with Crippen LogP contribution < -0.4 is 5.73 Å². The Hall–Kier alpha value is -0.870. The van der Waals surface area contributed by atoms with Crippen molar-refractivity contribution < 1.29 is 8.42 Å². The van der Waals surface area contributed by atoms with E-state index in [9.17, 15) is 8.42 Å². The van der Waals surface area contributed by atoms with Crippen molar-refractivity contribution in [3.8, 4) is 0 Å². The van der Waals surface area contributed by atoms with Crippen LogP contribution in [-0.4, -0.2) is 19.7 Å². The first kappa shape index (κ1) is 17.2. The minimum atomic E-state index is -3.21. The standard InChI is InChI=1S/C16H27NO2S/c1-5-7-15(17)16(6-2)20(18,19)11-14-9-12(3)8-13(4)10-14/h8-10,15-16H,5-7,11,17H2,1-4H3. The third-order valence-electron chi connectivity index (χ3n) is 3.61. The van der Waals surface area contributed by atoms with Crippen LogP contribution in [0.1, 0.15) is 49.8 Å². The third kappa shape index (κ3) is 4.60. The molecule has 0 bridgehead atoms. The molecule has 4 heteroatoms. The fourth-order valence-electron chi connectivity index (χ4n) is 2.83. The van der Waals surface area contributed by atoms with Crippen molar-refractivity contribution in [1.82, 2.24) is 0 Å². The van der Waals surface area contributed by atoms with Gasteiger partial charge in [0.15, 0.2) is 9.84 Å². The predicted molar refractivity (Wildman–Crippen MR) is 85.5 cm³/mol. The van der Waals surface area contributed by atoms with Gasteiger partial charge in [0.25, 0.3) is 0 Å². The van der Waals surface area contributed by atoms with Gasteiger partial charge in [0, 0.05) is 6.04 Å². The van der Waals surface area contributed by atoms with Crippen LogP contribution >= 0.6 is 0 Å². The second kappa shape index (κ2) is 7.23. The lowest BCUT2D eigenvalue weighted by molar-refractivity contribution is 0.516.